The van der Waals surface area contributed by atoms with Crippen LogP contribution in [-0.4, -0.2) is 49.7 Å². The summed E-state index contributed by atoms with van der Waals surface area (Å²) in [5.41, 5.74) is 26.9. The number of aryl methyl sites for hydroxylation is 10. The molecule has 20 heteroatoms. The Balaban J connectivity index is -0.000000806. The Labute approximate surface area is 970 Å². The van der Waals surface area contributed by atoms with Gasteiger partial charge in [-0.1, -0.05) is 355 Å². The van der Waals surface area contributed by atoms with Gasteiger partial charge in [0.2, 0.25) is 0 Å². The molecule has 8 atom stereocenters. The Morgan fingerprint density at radius 1 is 0.204 bits per heavy atom. The predicted octanol–water partition coefficient (Wildman–Crippen LogP) is 40.7. The van der Waals surface area contributed by atoms with E-state index in [1.807, 2.05) is 12.1 Å². The van der Waals surface area contributed by atoms with E-state index in [9.17, 15) is 0 Å². The summed E-state index contributed by atoms with van der Waals surface area (Å²) < 4.78 is 0. The second-order valence-electron chi connectivity index (χ2n) is 39.1. The van der Waals surface area contributed by atoms with Crippen molar-refractivity contribution in [1.82, 2.24) is 0 Å². The third-order valence-electron chi connectivity index (χ3n) is 27.4. The van der Waals surface area contributed by atoms with Gasteiger partial charge in [0.1, 0.15) is 0 Å². The predicted molar refractivity (Wildman–Crippen MR) is 605 cm³/mol. The number of hydrogen-bond acceptors (Lipinski definition) is 8. The van der Waals surface area contributed by atoms with Crippen LogP contribution in [0.25, 0.3) is 0 Å². The van der Waals surface area contributed by atoms with Crippen LogP contribution in [0.15, 0.2) is 198 Å². The Bertz CT molecular complexity index is 4280. The zero-order chi connectivity index (χ0) is 95.4. The minimum Gasteiger partial charge on any atom is 0 e. The first-order valence-electron chi connectivity index (χ1n) is 50.5. The first-order chi connectivity index (χ1) is 63.9. The Morgan fingerprint density at radius 2 is 0.338 bits per heavy atom. The van der Waals surface area contributed by atoms with E-state index in [2.05, 4.69) is 320 Å². The second kappa shape index (κ2) is 84.6. The van der Waals surface area contributed by atoms with Gasteiger partial charge in [-0.25, -0.2) is 0 Å². The van der Waals surface area contributed by atoms with Gasteiger partial charge in [-0.2, -0.15) is 0 Å². The van der Waals surface area contributed by atoms with Crippen LogP contribution in [0.3, 0.4) is 0 Å². The number of hydrogen-bond donors (Lipinski definition) is 0. The molecule has 142 heavy (non-hydrogen) atoms. The van der Waals surface area contributed by atoms with Crippen LogP contribution < -0.4 is 0 Å². The molecular weight excluding hydrogens is 2370 g/mol. The molecule has 804 valence electrons. The summed E-state index contributed by atoms with van der Waals surface area (Å²) in [6, 6.07) is 55.4. The minimum absolute atomic E-state index is 0. The molecule has 0 aromatic heterocycles. The van der Waals surface area contributed by atoms with Crippen molar-refractivity contribution in [3.63, 3.8) is 0 Å². The molecule has 8 aromatic rings. The van der Waals surface area contributed by atoms with Gasteiger partial charge in [-0.05, 0) is 234 Å². The molecule has 0 radical (unpaired) electrons. The van der Waals surface area contributed by atoms with Crippen LogP contribution >= 0.6 is 38.1 Å². The van der Waals surface area contributed by atoms with Gasteiger partial charge in [0, 0.05) is 165 Å². The standard InChI is InChI=1S/C31H44N2.2C23H28N2.C21H24N2.4C5H10.4CH3.4ClH.4Fe.4Pd/c1-20(2)26-14-10-15-27(21(3)4)30(26)32-18-24-12-9-13-25(24)19-33-31-28(22(5)6)16-11-17-29(31)23(7)8;2*1-16-8-5-9-17(2)22(16)24-14-20-12-7-13-21(20)15-25-23-18(3)10-6-11-19(23)4;1-16-8-3-5-12-20(16)22-14-18-10-7-11-19(18)15-23-21-13-6-4-9-17(21)2;4*1-2-4-5-3-1;;;;;;;;;;;;;;;;/h10-11,14-25H,9,12-13H2,1-8H3;2*5-6,8-11,14-15,20-21H,7,12-13H2,1-4H3;3-6,8-9,12-15,18-19H,7,10-11H2,1-2H3;4*1-5H2;4*1H3;4*1H;;;;;;;;/q;;;;;;;;4*-1;;;;;;;;;4*+2/p-4. The fourth-order valence-corrected chi connectivity index (χ4v) is 19.2. The van der Waals surface area contributed by atoms with Gasteiger partial charge in [0.25, 0.3) is 0 Å². The van der Waals surface area contributed by atoms with E-state index >= 15 is 0 Å². The van der Waals surface area contributed by atoms with Gasteiger partial charge in [-0.3, -0.25) is 39.9 Å². The number of rotatable bonds is 20. The average Bonchev–Trinajstić information content (AvgIpc) is 1.13. The third kappa shape index (κ3) is 52.8. The first kappa shape index (κ1) is 145. The van der Waals surface area contributed by atoms with Gasteiger partial charge >= 0.3 is 111 Å². The van der Waals surface area contributed by atoms with Crippen molar-refractivity contribution in [2.75, 3.05) is 0 Å². The average molecular weight is 2550 g/mol. The van der Waals surface area contributed by atoms with Gasteiger partial charge < -0.3 is 29.7 Å². The maximum Gasteiger partial charge on any atom is 2.00 e. The Morgan fingerprint density at radius 3 is 0.493 bits per heavy atom. The number of nitrogens with zero attached hydrogens (tertiary/aromatic N) is 8. The molecule has 8 unspecified atom stereocenters. The fourth-order valence-electron chi connectivity index (χ4n) is 19.2. The quantitative estimate of drug-likeness (QED) is 0.0413. The van der Waals surface area contributed by atoms with Crippen LogP contribution in [0, 0.1) is 146 Å². The summed E-state index contributed by atoms with van der Waals surface area (Å²) in [5, 5.41) is 0. The van der Waals surface area contributed by atoms with Crippen molar-refractivity contribution < 1.29 is 141 Å². The van der Waals surface area contributed by atoms with Crippen LogP contribution in [0.5, 0.6) is 0 Å². The molecule has 0 N–H and O–H groups in total. The molecule has 8 nitrogen and oxygen atoms in total. The van der Waals surface area contributed by atoms with Gasteiger partial charge in [-0.15, -0.1) is 0 Å². The minimum atomic E-state index is -0.106. The molecule has 8 saturated carbocycles. The van der Waals surface area contributed by atoms with Gasteiger partial charge in [0.05, 0.1) is 45.5 Å². The van der Waals surface area contributed by atoms with E-state index in [0.717, 1.165) is 34.1 Å². The second-order valence-corrected chi connectivity index (χ2v) is 43.9. The zero-order valence-corrected chi connectivity index (χ0v) is 104. The third-order valence-corrected chi connectivity index (χ3v) is 27.4. The summed E-state index contributed by atoms with van der Waals surface area (Å²) >= 11 is -0.211. The monoisotopic (exact) mass is 2540 g/mol. The van der Waals surface area contributed by atoms with Crippen LogP contribution in [0.4, 0.5) is 45.5 Å². The van der Waals surface area contributed by atoms with Crippen molar-refractivity contribution in [2.45, 2.75) is 354 Å². The van der Waals surface area contributed by atoms with E-state index in [4.69, 9.17) is 78.1 Å². The summed E-state index contributed by atoms with van der Waals surface area (Å²) in [5.74, 6) is 5.78. The van der Waals surface area contributed by atoms with Crippen molar-refractivity contribution in [1.29, 1.82) is 0 Å². The molecule has 0 aliphatic heterocycles. The van der Waals surface area contributed by atoms with Crippen molar-refractivity contribution in [3.05, 3.63) is 265 Å². The summed E-state index contributed by atoms with van der Waals surface area (Å²) in [7, 11) is 19.3. The summed E-state index contributed by atoms with van der Waals surface area (Å²) in [6.07, 6.45) is 62.1. The maximum atomic E-state index is 5.14. The number of para-hydroxylation sites is 8. The van der Waals surface area contributed by atoms with Crippen LogP contribution in [-0.2, 0) is 141 Å². The van der Waals surface area contributed by atoms with Crippen molar-refractivity contribution >= 4 is 133 Å². The van der Waals surface area contributed by atoms with Crippen LogP contribution in [0.1, 0.15) is 362 Å². The molecule has 8 aliphatic carbocycles. The SMILES string of the molecule is C1CCCC1.C1CCCC1.C1CCCC1.C1CCCC1.CC(C)c1cccc(C(C)C)c1N=CC1CCCC1C=Nc1c(C(C)C)cccc1C(C)C.Cc1cccc(C)c1N=CC1CCCC1C=Nc1c(C)cccc1C.Cc1cccc(C)c1N=CC1CCCC1C=Nc1c(C)cccc1C.Cc1ccccc1N=CC1CCCC1C=Nc1ccccc1C.[CH3-].[CH3-].[CH3-].[CH3-].[Cl][Pd][Cl].[Cl][Pd][Cl].[Fe].[Fe].[Fe].[Fe].[Pd+2].[Pd+2]. The molecule has 0 bridgehead atoms. The Kier molecular flexibility index (Phi) is 86.5. The first-order valence-corrected chi connectivity index (χ1v) is 58.5. The zero-order valence-electron chi connectivity index (χ0n) is 90.0. The number of benzene rings is 8. The normalized spacial score (nSPS) is 19.0. The summed E-state index contributed by atoms with van der Waals surface area (Å²) in [6.45, 7) is 39.4. The maximum absolute atomic E-state index is 5.14. The molecular formula is C122H176Cl4Fe4N8Pd4. The van der Waals surface area contributed by atoms with Crippen molar-refractivity contribution in [3.8, 4) is 0 Å². The number of halogens is 4. The Hall–Kier alpha value is -2.99. The smallest absolute Gasteiger partial charge is 0 e. The largest absolute Gasteiger partial charge is 2.00 e. The van der Waals surface area contributed by atoms with E-state index in [0.29, 0.717) is 71.0 Å². The van der Waals surface area contributed by atoms with Gasteiger partial charge in [0.15, 0.2) is 0 Å². The molecule has 8 aromatic carbocycles. The number of aliphatic imine (C=N–C) groups is 8. The van der Waals surface area contributed by atoms with E-state index in [-0.39, 0.29) is 171 Å². The molecule has 8 fully saturated rings. The molecule has 0 spiro atoms. The van der Waals surface area contributed by atoms with E-state index < -0.39 is 0 Å². The topological polar surface area (TPSA) is 98.9 Å². The molecule has 0 amide bonds. The fraction of sp³-hybridized carbons (Fsp3) is 0.508. The van der Waals surface area contributed by atoms with E-state index in [1.54, 1.807) is 0 Å². The molecule has 0 saturated heterocycles. The van der Waals surface area contributed by atoms with Crippen molar-refractivity contribution in [2.24, 2.45) is 87.3 Å². The molecule has 8 aliphatic rings. The van der Waals surface area contributed by atoms with E-state index in [1.165, 1.54) is 295 Å². The summed E-state index contributed by atoms with van der Waals surface area (Å²) in [4.78, 5) is 39.1. The molecule has 16 rings (SSSR count). The van der Waals surface area contributed by atoms with Crippen LogP contribution in [0.2, 0.25) is 0 Å². The molecule has 0 heterocycles.